The highest BCUT2D eigenvalue weighted by Crippen LogP contribution is 2.32. The number of ether oxygens (including phenoxy) is 2. The molecule has 26 heavy (non-hydrogen) atoms. The van der Waals surface area contributed by atoms with Gasteiger partial charge >= 0.3 is 11.6 Å². The van der Waals surface area contributed by atoms with Crippen molar-refractivity contribution in [3.05, 3.63) is 68.7 Å². The Bertz CT molecular complexity index is 1190. The monoisotopic (exact) mass is 366 g/mol. The highest BCUT2D eigenvalue weighted by Gasteiger charge is 2.16. The number of esters is 1. The summed E-state index contributed by atoms with van der Waals surface area (Å²) < 4.78 is 16.2. The molecule has 0 bridgehead atoms. The lowest BCUT2D eigenvalue weighted by Gasteiger charge is -2.10. The van der Waals surface area contributed by atoms with Gasteiger partial charge in [-0.1, -0.05) is 6.07 Å². The number of rotatable bonds is 3. The van der Waals surface area contributed by atoms with Gasteiger partial charge in [0.25, 0.3) is 0 Å². The standard InChI is InChI=1S/C20H14O5S/c1-11-16(24-20(22)17-4-3-9-26-17)8-7-14-13-6-5-12(23-2)10-15(13)19(21)25-18(11)14/h3-10H,1-2H3. The fourth-order valence-electron chi connectivity index (χ4n) is 2.87. The number of aryl methyl sites for hydroxylation is 1. The predicted molar refractivity (Wildman–Crippen MR) is 101 cm³/mol. The van der Waals surface area contributed by atoms with Gasteiger partial charge < -0.3 is 13.9 Å². The van der Waals surface area contributed by atoms with E-state index in [4.69, 9.17) is 13.9 Å². The van der Waals surface area contributed by atoms with Gasteiger partial charge in [0, 0.05) is 16.3 Å². The van der Waals surface area contributed by atoms with E-state index in [1.54, 1.807) is 50.4 Å². The molecule has 0 N–H and O–H groups in total. The van der Waals surface area contributed by atoms with Crippen molar-refractivity contribution in [2.45, 2.75) is 6.92 Å². The first-order valence-electron chi connectivity index (χ1n) is 7.88. The van der Waals surface area contributed by atoms with Crippen LogP contribution in [0.2, 0.25) is 0 Å². The molecule has 130 valence electrons. The van der Waals surface area contributed by atoms with E-state index in [0.29, 0.717) is 32.9 Å². The normalized spacial score (nSPS) is 11.0. The molecule has 0 aliphatic heterocycles. The van der Waals surface area contributed by atoms with Crippen LogP contribution in [0.1, 0.15) is 15.2 Å². The van der Waals surface area contributed by atoms with Crippen molar-refractivity contribution in [1.82, 2.24) is 0 Å². The SMILES string of the molecule is COc1ccc2c(c1)c(=O)oc1c(C)c(OC(=O)c3cccs3)ccc12. The average Bonchev–Trinajstić information content (AvgIpc) is 3.19. The largest absolute Gasteiger partial charge is 0.497 e. The molecule has 0 saturated heterocycles. The molecule has 6 heteroatoms. The summed E-state index contributed by atoms with van der Waals surface area (Å²) in [5.41, 5.74) is 0.544. The predicted octanol–water partition coefficient (Wildman–Crippen LogP) is 4.54. The summed E-state index contributed by atoms with van der Waals surface area (Å²) in [7, 11) is 1.54. The van der Waals surface area contributed by atoms with Crippen LogP contribution in [0.15, 0.2) is 57.1 Å². The van der Waals surface area contributed by atoms with E-state index in [9.17, 15) is 9.59 Å². The summed E-state index contributed by atoms with van der Waals surface area (Å²) in [6, 6.07) is 12.3. The topological polar surface area (TPSA) is 65.7 Å². The Balaban J connectivity index is 1.86. The highest BCUT2D eigenvalue weighted by molar-refractivity contribution is 7.12. The first-order chi connectivity index (χ1) is 12.6. The van der Waals surface area contributed by atoms with Crippen LogP contribution in [0.4, 0.5) is 0 Å². The Labute approximate surface area is 152 Å². The maximum absolute atomic E-state index is 12.4. The first kappa shape index (κ1) is 16.4. The number of hydrogen-bond donors (Lipinski definition) is 0. The zero-order valence-corrected chi connectivity index (χ0v) is 14.9. The molecule has 2 aromatic heterocycles. The molecule has 0 radical (unpaired) electrons. The molecule has 0 aliphatic rings. The van der Waals surface area contributed by atoms with Gasteiger partial charge in [-0.15, -0.1) is 11.3 Å². The Morgan fingerprint density at radius 1 is 1.08 bits per heavy atom. The zero-order valence-electron chi connectivity index (χ0n) is 14.1. The van der Waals surface area contributed by atoms with E-state index in [1.165, 1.54) is 11.3 Å². The number of carbonyl (C=O) groups excluding carboxylic acids is 1. The minimum atomic E-state index is -0.462. The van der Waals surface area contributed by atoms with Crippen LogP contribution in [0.3, 0.4) is 0 Å². The molecule has 0 amide bonds. The van der Waals surface area contributed by atoms with Crippen molar-refractivity contribution in [2.75, 3.05) is 7.11 Å². The molecule has 0 aliphatic carbocycles. The van der Waals surface area contributed by atoms with Crippen LogP contribution in [0.5, 0.6) is 11.5 Å². The first-order valence-corrected chi connectivity index (χ1v) is 8.76. The third-order valence-electron chi connectivity index (χ3n) is 4.21. The third kappa shape index (κ3) is 2.64. The van der Waals surface area contributed by atoms with E-state index in [0.717, 1.165) is 10.8 Å². The third-order valence-corrected chi connectivity index (χ3v) is 5.06. The molecule has 2 heterocycles. The fraction of sp³-hybridized carbons (Fsp3) is 0.100. The molecular weight excluding hydrogens is 352 g/mol. The quantitative estimate of drug-likeness (QED) is 0.230. The summed E-state index contributed by atoms with van der Waals surface area (Å²) in [5.74, 6) is 0.518. The molecule has 0 atom stereocenters. The van der Waals surface area contributed by atoms with Gasteiger partial charge in [0.15, 0.2) is 0 Å². The maximum Gasteiger partial charge on any atom is 0.353 e. The fourth-order valence-corrected chi connectivity index (χ4v) is 3.47. The second-order valence-corrected chi connectivity index (χ2v) is 6.68. The molecule has 0 saturated carbocycles. The zero-order chi connectivity index (χ0) is 18.3. The van der Waals surface area contributed by atoms with E-state index >= 15 is 0 Å². The summed E-state index contributed by atoms with van der Waals surface area (Å²) in [6.45, 7) is 1.76. The van der Waals surface area contributed by atoms with Gasteiger partial charge in [-0.3, -0.25) is 0 Å². The molecule has 2 aromatic carbocycles. The molecule has 4 aromatic rings. The minimum Gasteiger partial charge on any atom is -0.497 e. The van der Waals surface area contributed by atoms with Crippen LogP contribution in [0, 0.1) is 6.92 Å². The van der Waals surface area contributed by atoms with Crippen LogP contribution in [-0.2, 0) is 0 Å². The van der Waals surface area contributed by atoms with Crippen molar-refractivity contribution in [2.24, 2.45) is 0 Å². The number of hydrogen-bond acceptors (Lipinski definition) is 6. The van der Waals surface area contributed by atoms with Crippen molar-refractivity contribution in [1.29, 1.82) is 0 Å². The smallest absolute Gasteiger partial charge is 0.353 e. The second-order valence-electron chi connectivity index (χ2n) is 5.73. The molecule has 4 rings (SSSR count). The number of benzene rings is 2. The Kier molecular flexibility index (Phi) is 3.97. The van der Waals surface area contributed by atoms with Gasteiger partial charge in [0.1, 0.15) is 22.0 Å². The van der Waals surface area contributed by atoms with E-state index < -0.39 is 11.6 Å². The molecule has 0 fully saturated rings. The van der Waals surface area contributed by atoms with Crippen molar-refractivity contribution < 1.29 is 18.7 Å². The number of methoxy groups -OCH3 is 1. The van der Waals surface area contributed by atoms with E-state index in [-0.39, 0.29) is 0 Å². The number of thiophene rings is 1. The average molecular weight is 366 g/mol. The van der Waals surface area contributed by atoms with E-state index in [1.807, 2.05) is 11.4 Å². The molecule has 0 unspecified atom stereocenters. The van der Waals surface area contributed by atoms with Gasteiger partial charge in [-0.05, 0) is 48.7 Å². The van der Waals surface area contributed by atoms with Crippen LogP contribution < -0.4 is 15.1 Å². The second kappa shape index (κ2) is 6.31. The summed E-state index contributed by atoms with van der Waals surface area (Å²) >= 11 is 1.31. The lowest BCUT2D eigenvalue weighted by atomic mass is 10.0. The lowest BCUT2D eigenvalue weighted by Crippen LogP contribution is -2.08. The summed E-state index contributed by atoms with van der Waals surface area (Å²) in [6.07, 6.45) is 0. The van der Waals surface area contributed by atoms with Gasteiger partial charge in [0.05, 0.1) is 12.5 Å². The van der Waals surface area contributed by atoms with Crippen LogP contribution >= 0.6 is 11.3 Å². The lowest BCUT2D eigenvalue weighted by molar-refractivity contribution is 0.0739. The van der Waals surface area contributed by atoms with Crippen molar-refractivity contribution >= 4 is 39.0 Å². The molecule has 0 spiro atoms. The number of carbonyl (C=O) groups is 1. The number of fused-ring (bicyclic) bond motifs is 3. The van der Waals surface area contributed by atoms with Gasteiger partial charge in [0.2, 0.25) is 0 Å². The maximum atomic E-state index is 12.4. The summed E-state index contributed by atoms with van der Waals surface area (Å²) in [4.78, 5) is 25.1. The van der Waals surface area contributed by atoms with Crippen LogP contribution in [-0.4, -0.2) is 13.1 Å². The summed E-state index contributed by atoms with van der Waals surface area (Å²) in [5, 5.41) is 3.79. The molecular formula is C20H14O5S. The van der Waals surface area contributed by atoms with Crippen molar-refractivity contribution in [3.8, 4) is 11.5 Å². The van der Waals surface area contributed by atoms with E-state index in [2.05, 4.69) is 0 Å². The minimum absolute atomic E-state index is 0.368. The van der Waals surface area contributed by atoms with Crippen molar-refractivity contribution in [3.63, 3.8) is 0 Å². The molecule has 5 nitrogen and oxygen atoms in total. The Morgan fingerprint density at radius 3 is 2.62 bits per heavy atom. The van der Waals surface area contributed by atoms with Crippen LogP contribution in [0.25, 0.3) is 21.7 Å². The van der Waals surface area contributed by atoms with Gasteiger partial charge in [-0.2, -0.15) is 0 Å². The highest BCUT2D eigenvalue weighted by atomic mass is 32.1. The van der Waals surface area contributed by atoms with Gasteiger partial charge in [-0.25, -0.2) is 9.59 Å². The Hall–Kier alpha value is -3.12. The Morgan fingerprint density at radius 2 is 1.88 bits per heavy atom.